The quantitative estimate of drug-likeness (QED) is 0.667. The SMILES string of the molecule is CCCC(=O)OC1(C(C)(C)C)CCCC1. The Hall–Kier alpha value is -0.530. The summed E-state index contributed by atoms with van der Waals surface area (Å²) in [6.45, 7) is 8.55. The summed E-state index contributed by atoms with van der Waals surface area (Å²) in [5, 5.41) is 0. The van der Waals surface area contributed by atoms with Crippen molar-refractivity contribution in [3.05, 3.63) is 0 Å². The molecule has 15 heavy (non-hydrogen) atoms. The second-order valence-electron chi connectivity index (χ2n) is 5.68. The fourth-order valence-electron chi connectivity index (χ4n) is 2.42. The summed E-state index contributed by atoms with van der Waals surface area (Å²) in [6.07, 6.45) is 5.88. The predicted octanol–water partition coefficient (Wildman–Crippen LogP) is 3.69. The predicted molar refractivity (Wildman–Crippen MR) is 61.7 cm³/mol. The third kappa shape index (κ3) is 2.73. The van der Waals surface area contributed by atoms with E-state index < -0.39 is 0 Å². The topological polar surface area (TPSA) is 26.3 Å². The maximum atomic E-state index is 11.6. The summed E-state index contributed by atoms with van der Waals surface area (Å²) >= 11 is 0. The number of hydrogen-bond donors (Lipinski definition) is 0. The smallest absolute Gasteiger partial charge is 0.306 e. The lowest BCUT2D eigenvalue weighted by Gasteiger charge is -2.41. The van der Waals surface area contributed by atoms with E-state index >= 15 is 0 Å². The molecular formula is C13H24O2. The largest absolute Gasteiger partial charge is 0.459 e. The zero-order chi connectivity index (χ0) is 11.5. The van der Waals surface area contributed by atoms with Gasteiger partial charge in [-0.25, -0.2) is 0 Å². The average Bonchev–Trinajstić information content (AvgIpc) is 2.53. The van der Waals surface area contributed by atoms with Gasteiger partial charge in [0.2, 0.25) is 0 Å². The molecule has 0 aromatic rings. The van der Waals surface area contributed by atoms with Gasteiger partial charge in [-0.2, -0.15) is 0 Å². The number of ether oxygens (including phenoxy) is 1. The van der Waals surface area contributed by atoms with E-state index in [0.29, 0.717) is 6.42 Å². The van der Waals surface area contributed by atoms with Gasteiger partial charge in [-0.1, -0.05) is 27.7 Å². The van der Waals surface area contributed by atoms with Gasteiger partial charge in [0.05, 0.1) is 0 Å². The molecule has 0 N–H and O–H groups in total. The van der Waals surface area contributed by atoms with Gasteiger partial charge in [0.25, 0.3) is 0 Å². The molecule has 0 spiro atoms. The Kier molecular flexibility index (Phi) is 3.80. The fraction of sp³-hybridized carbons (Fsp3) is 0.923. The van der Waals surface area contributed by atoms with Crippen LogP contribution in [0.3, 0.4) is 0 Å². The van der Waals surface area contributed by atoms with E-state index in [2.05, 4.69) is 20.8 Å². The molecule has 0 aromatic carbocycles. The Morgan fingerprint density at radius 2 is 1.80 bits per heavy atom. The van der Waals surface area contributed by atoms with Crippen molar-refractivity contribution in [2.24, 2.45) is 5.41 Å². The van der Waals surface area contributed by atoms with Crippen LogP contribution >= 0.6 is 0 Å². The summed E-state index contributed by atoms with van der Waals surface area (Å²) < 4.78 is 5.76. The molecular weight excluding hydrogens is 188 g/mol. The molecule has 1 aliphatic carbocycles. The zero-order valence-corrected chi connectivity index (χ0v) is 10.6. The van der Waals surface area contributed by atoms with Crippen LogP contribution in [0.25, 0.3) is 0 Å². The molecule has 0 aromatic heterocycles. The van der Waals surface area contributed by atoms with E-state index in [1.807, 2.05) is 6.92 Å². The van der Waals surface area contributed by atoms with Crippen LogP contribution in [-0.2, 0) is 9.53 Å². The van der Waals surface area contributed by atoms with Crippen molar-refractivity contribution in [2.75, 3.05) is 0 Å². The summed E-state index contributed by atoms with van der Waals surface area (Å²) in [5.41, 5.74) is -0.133. The van der Waals surface area contributed by atoms with Crippen molar-refractivity contribution < 1.29 is 9.53 Å². The second-order valence-corrected chi connectivity index (χ2v) is 5.68. The molecule has 0 saturated heterocycles. The lowest BCUT2D eigenvalue weighted by atomic mass is 9.75. The maximum absolute atomic E-state index is 11.6. The molecule has 0 aliphatic heterocycles. The molecule has 0 atom stereocenters. The van der Waals surface area contributed by atoms with Crippen molar-refractivity contribution >= 4 is 5.97 Å². The van der Waals surface area contributed by atoms with E-state index in [1.165, 1.54) is 12.8 Å². The van der Waals surface area contributed by atoms with Crippen LogP contribution in [-0.4, -0.2) is 11.6 Å². The first-order valence-corrected chi connectivity index (χ1v) is 6.13. The van der Waals surface area contributed by atoms with Gasteiger partial charge in [-0.15, -0.1) is 0 Å². The minimum absolute atomic E-state index is 0.0191. The monoisotopic (exact) mass is 212 g/mol. The summed E-state index contributed by atoms with van der Waals surface area (Å²) in [7, 11) is 0. The van der Waals surface area contributed by atoms with Crippen LogP contribution < -0.4 is 0 Å². The van der Waals surface area contributed by atoms with E-state index in [4.69, 9.17) is 4.74 Å². The number of hydrogen-bond acceptors (Lipinski definition) is 2. The molecule has 2 nitrogen and oxygen atoms in total. The van der Waals surface area contributed by atoms with Gasteiger partial charge >= 0.3 is 5.97 Å². The van der Waals surface area contributed by atoms with Gasteiger partial charge in [-0.05, 0) is 32.1 Å². The van der Waals surface area contributed by atoms with Gasteiger partial charge in [0.15, 0.2) is 0 Å². The molecule has 0 unspecified atom stereocenters. The zero-order valence-electron chi connectivity index (χ0n) is 10.6. The highest BCUT2D eigenvalue weighted by molar-refractivity contribution is 5.70. The lowest BCUT2D eigenvalue weighted by molar-refractivity contribution is -0.172. The van der Waals surface area contributed by atoms with Crippen molar-refractivity contribution in [1.29, 1.82) is 0 Å². The Labute approximate surface area is 93.4 Å². The number of rotatable bonds is 3. The van der Waals surface area contributed by atoms with Gasteiger partial charge in [-0.3, -0.25) is 4.79 Å². The highest BCUT2D eigenvalue weighted by atomic mass is 16.6. The normalized spacial score (nSPS) is 20.3. The Morgan fingerprint density at radius 3 is 2.20 bits per heavy atom. The minimum atomic E-state index is -0.195. The average molecular weight is 212 g/mol. The number of carbonyl (C=O) groups is 1. The number of esters is 1. The van der Waals surface area contributed by atoms with Crippen LogP contribution in [0.1, 0.15) is 66.2 Å². The van der Waals surface area contributed by atoms with Gasteiger partial charge in [0, 0.05) is 11.8 Å². The Morgan fingerprint density at radius 1 is 1.27 bits per heavy atom. The molecule has 0 radical (unpaired) electrons. The first kappa shape index (κ1) is 12.5. The van der Waals surface area contributed by atoms with Crippen LogP contribution in [0.15, 0.2) is 0 Å². The molecule has 0 bridgehead atoms. The molecule has 1 rings (SSSR count). The van der Waals surface area contributed by atoms with E-state index in [0.717, 1.165) is 19.3 Å². The van der Waals surface area contributed by atoms with Crippen LogP contribution in [0.5, 0.6) is 0 Å². The van der Waals surface area contributed by atoms with E-state index in [-0.39, 0.29) is 17.0 Å². The summed E-state index contributed by atoms with van der Waals surface area (Å²) in [6, 6.07) is 0. The highest BCUT2D eigenvalue weighted by Gasteiger charge is 2.47. The van der Waals surface area contributed by atoms with Gasteiger partial charge < -0.3 is 4.74 Å². The molecule has 2 heteroatoms. The van der Waals surface area contributed by atoms with Crippen molar-refractivity contribution in [3.8, 4) is 0 Å². The standard InChI is InChI=1S/C13H24O2/c1-5-8-11(14)15-13(12(2,3)4)9-6-7-10-13/h5-10H2,1-4H3. The second kappa shape index (κ2) is 4.54. The van der Waals surface area contributed by atoms with Crippen LogP contribution in [0.4, 0.5) is 0 Å². The third-order valence-electron chi connectivity index (χ3n) is 3.54. The molecule has 0 amide bonds. The van der Waals surface area contributed by atoms with Crippen molar-refractivity contribution in [3.63, 3.8) is 0 Å². The molecule has 1 aliphatic rings. The van der Waals surface area contributed by atoms with E-state index in [9.17, 15) is 4.79 Å². The minimum Gasteiger partial charge on any atom is -0.459 e. The van der Waals surface area contributed by atoms with Crippen molar-refractivity contribution in [1.82, 2.24) is 0 Å². The maximum Gasteiger partial charge on any atom is 0.306 e. The van der Waals surface area contributed by atoms with Crippen LogP contribution in [0, 0.1) is 5.41 Å². The molecule has 0 heterocycles. The summed E-state index contributed by atoms with van der Waals surface area (Å²) in [5.74, 6) is -0.0191. The molecule has 88 valence electrons. The first-order valence-electron chi connectivity index (χ1n) is 6.13. The first-order chi connectivity index (χ1) is 6.91. The highest BCUT2D eigenvalue weighted by Crippen LogP contribution is 2.46. The van der Waals surface area contributed by atoms with E-state index in [1.54, 1.807) is 0 Å². The fourth-order valence-corrected chi connectivity index (χ4v) is 2.42. The molecule has 1 fully saturated rings. The Bertz CT molecular complexity index is 219. The number of carbonyl (C=O) groups excluding carboxylic acids is 1. The Balaban J connectivity index is 2.70. The van der Waals surface area contributed by atoms with Crippen LogP contribution in [0.2, 0.25) is 0 Å². The lowest BCUT2D eigenvalue weighted by Crippen LogP contribution is -2.44. The van der Waals surface area contributed by atoms with Gasteiger partial charge in [0.1, 0.15) is 5.60 Å². The summed E-state index contributed by atoms with van der Waals surface area (Å²) in [4.78, 5) is 11.6. The third-order valence-corrected chi connectivity index (χ3v) is 3.54. The van der Waals surface area contributed by atoms with Crippen molar-refractivity contribution in [2.45, 2.75) is 71.8 Å². The molecule has 1 saturated carbocycles.